The van der Waals surface area contributed by atoms with E-state index in [2.05, 4.69) is 24.1 Å². The van der Waals surface area contributed by atoms with E-state index in [1.54, 1.807) is 0 Å². The van der Waals surface area contributed by atoms with Crippen LogP contribution >= 0.6 is 11.3 Å². The normalized spacial score (nSPS) is 12.2. The zero-order valence-corrected chi connectivity index (χ0v) is 15.8. The Morgan fingerprint density at radius 3 is 2.38 bits per heavy atom. The lowest BCUT2D eigenvalue weighted by molar-refractivity contribution is 0.103. The summed E-state index contributed by atoms with van der Waals surface area (Å²) in [4.78, 5) is 17.0. The van der Waals surface area contributed by atoms with E-state index in [0.29, 0.717) is 17.0 Å². The lowest BCUT2D eigenvalue weighted by atomic mass is 10.0. The molecule has 4 nitrogen and oxygen atoms in total. The van der Waals surface area contributed by atoms with Gasteiger partial charge in [-0.1, -0.05) is 44.2 Å². The third-order valence-electron chi connectivity index (χ3n) is 4.06. The minimum absolute atomic E-state index is 0.0216. The molecule has 0 aliphatic heterocycles. The second kappa shape index (κ2) is 8.25. The van der Waals surface area contributed by atoms with Crippen molar-refractivity contribution in [2.45, 2.75) is 26.3 Å². The first kappa shape index (κ1) is 18.3. The van der Waals surface area contributed by atoms with Gasteiger partial charge in [-0.2, -0.15) is 0 Å². The van der Waals surface area contributed by atoms with Gasteiger partial charge in [0, 0.05) is 28.2 Å². The fraction of sp³-hybridized carbons (Fsp3) is 0.238. The largest absolute Gasteiger partial charge is 0.332 e. The second-order valence-corrected chi connectivity index (χ2v) is 7.57. The molecule has 0 fully saturated rings. The van der Waals surface area contributed by atoms with Gasteiger partial charge >= 0.3 is 0 Å². The minimum atomic E-state index is -0.0346. The summed E-state index contributed by atoms with van der Waals surface area (Å²) in [7, 11) is 0. The van der Waals surface area contributed by atoms with E-state index in [1.165, 1.54) is 11.3 Å². The molecule has 0 saturated heterocycles. The standard InChI is InChI=1S/C21H23N3OS/c1-14(2)12-18(22)19-13-26-21(24-19)23-17-10-8-16(9-11-17)20(25)15-6-4-3-5-7-15/h3-11,13-14,18H,12,22H2,1-2H3,(H,23,24). The molecule has 1 unspecified atom stereocenters. The quantitative estimate of drug-likeness (QED) is 0.567. The fourth-order valence-corrected chi connectivity index (χ4v) is 3.52. The van der Waals surface area contributed by atoms with Crippen molar-refractivity contribution in [3.05, 3.63) is 76.8 Å². The molecule has 26 heavy (non-hydrogen) atoms. The van der Waals surface area contributed by atoms with Gasteiger partial charge in [0.1, 0.15) is 0 Å². The Bertz CT molecular complexity index is 856. The molecule has 3 rings (SSSR count). The molecular weight excluding hydrogens is 342 g/mol. The van der Waals surface area contributed by atoms with Crippen LogP contribution in [0.3, 0.4) is 0 Å². The first-order valence-electron chi connectivity index (χ1n) is 8.71. The topological polar surface area (TPSA) is 68.0 Å². The van der Waals surface area contributed by atoms with Crippen LogP contribution in [0.1, 0.15) is 47.9 Å². The number of anilines is 2. The van der Waals surface area contributed by atoms with Crippen molar-refractivity contribution in [1.29, 1.82) is 0 Å². The first-order chi connectivity index (χ1) is 12.5. The molecule has 0 bridgehead atoms. The Morgan fingerprint density at radius 2 is 1.73 bits per heavy atom. The number of rotatable bonds is 7. The molecule has 3 aromatic rings. The third-order valence-corrected chi connectivity index (χ3v) is 4.84. The zero-order chi connectivity index (χ0) is 18.5. The van der Waals surface area contributed by atoms with Crippen molar-refractivity contribution in [3.63, 3.8) is 0 Å². The SMILES string of the molecule is CC(C)CC(N)c1csc(Nc2ccc(C(=O)c3ccccc3)cc2)n1. The number of hydrogen-bond acceptors (Lipinski definition) is 5. The minimum Gasteiger partial charge on any atom is -0.332 e. The molecule has 2 aromatic carbocycles. The van der Waals surface area contributed by atoms with Crippen molar-refractivity contribution in [2.24, 2.45) is 11.7 Å². The van der Waals surface area contributed by atoms with E-state index >= 15 is 0 Å². The Hall–Kier alpha value is -2.50. The zero-order valence-electron chi connectivity index (χ0n) is 15.0. The summed E-state index contributed by atoms with van der Waals surface area (Å²) >= 11 is 1.54. The van der Waals surface area contributed by atoms with Crippen molar-refractivity contribution in [1.82, 2.24) is 4.98 Å². The highest BCUT2D eigenvalue weighted by Gasteiger charge is 2.13. The summed E-state index contributed by atoms with van der Waals surface area (Å²) in [5, 5.41) is 6.09. The predicted molar refractivity (Wildman–Crippen MR) is 108 cm³/mol. The molecule has 0 aliphatic rings. The van der Waals surface area contributed by atoms with Crippen LogP contribution in [0.25, 0.3) is 0 Å². The van der Waals surface area contributed by atoms with E-state index in [4.69, 9.17) is 5.73 Å². The van der Waals surface area contributed by atoms with Gasteiger partial charge < -0.3 is 11.1 Å². The average Bonchev–Trinajstić information content (AvgIpc) is 3.11. The number of benzene rings is 2. The van der Waals surface area contributed by atoms with Crippen molar-refractivity contribution in [3.8, 4) is 0 Å². The van der Waals surface area contributed by atoms with Crippen LogP contribution in [0, 0.1) is 5.92 Å². The van der Waals surface area contributed by atoms with E-state index in [-0.39, 0.29) is 11.8 Å². The molecule has 0 aliphatic carbocycles. The first-order valence-corrected chi connectivity index (χ1v) is 9.58. The summed E-state index contributed by atoms with van der Waals surface area (Å²) in [6.07, 6.45) is 0.916. The van der Waals surface area contributed by atoms with Crippen LogP contribution in [-0.2, 0) is 0 Å². The number of hydrogen-bond donors (Lipinski definition) is 2. The van der Waals surface area contributed by atoms with Crippen molar-refractivity contribution < 1.29 is 4.79 Å². The Balaban J connectivity index is 1.66. The summed E-state index contributed by atoms with van der Waals surface area (Å²) < 4.78 is 0. The molecule has 0 amide bonds. The molecule has 0 radical (unpaired) electrons. The maximum Gasteiger partial charge on any atom is 0.193 e. The van der Waals surface area contributed by atoms with Crippen molar-refractivity contribution >= 4 is 27.9 Å². The predicted octanol–water partition coefficient (Wildman–Crippen LogP) is 5.16. The average molecular weight is 366 g/mol. The summed E-state index contributed by atoms with van der Waals surface area (Å²) in [6.45, 7) is 4.31. The molecule has 0 spiro atoms. The fourth-order valence-electron chi connectivity index (χ4n) is 2.73. The number of aromatic nitrogens is 1. The molecule has 0 saturated carbocycles. The van der Waals surface area contributed by atoms with E-state index in [0.717, 1.165) is 22.9 Å². The molecule has 1 aromatic heterocycles. The molecule has 5 heteroatoms. The summed E-state index contributed by atoms with van der Waals surface area (Å²) in [6, 6.07) is 16.7. The Morgan fingerprint density at radius 1 is 1.08 bits per heavy atom. The molecule has 3 N–H and O–H groups in total. The highest BCUT2D eigenvalue weighted by Crippen LogP contribution is 2.26. The number of nitrogens with one attached hydrogen (secondary N) is 1. The number of ketones is 1. The third kappa shape index (κ3) is 4.56. The summed E-state index contributed by atoms with van der Waals surface area (Å²) in [5.74, 6) is 0.561. The Kier molecular flexibility index (Phi) is 5.81. The second-order valence-electron chi connectivity index (χ2n) is 6.71. The van der Waals surface area contributed by atoms with Gasteiger partial charge in [0.25, 0.3) is 0 Å². The van der Waals surface area contributed by atoms with Crippen LogP contribution < -0.4 is 11.1 Å². The van der Waals surface area contributed by atoms with Gasteiger partial charge in [-0.05, 0) is 36.6 Å². The number of nitrogens with two attached hydrogens (primary N) is 1. The van der Waals surface area contributed by atoms with Gasteiger partial charge in [0.15, 0.2) is 10.9 Å². The monoisotopic (exact) mass is 365 g/mol. The molecule has 1 atom stereocenters. The maximum absolute atomic E-state index is 12.4. The van der Waals surface area contributed by atoms with Gasteiger partial charge in [0.2, 0.25) is 0 Å². The highest BCUT2D eigenvalue weighted by atomic mass is 32.1. The Labute approximate surface area is 158 Å². The number of nitrogens with zero attached hydrogens (tertiary/aromatic N) is 1. The van der Waals surface area contributed by atoms with Crippen LogP contribution in [0.5, 0.6) is 0 Å². The molecule has 134 valence electrons. The lowest BCUT2D eigenvalue weighted by Crippen LogP contribution is -2.13. The van der Waals surface area contributed by atoms with Crippen LogP contribution in [0.2, 0.25) is 0 Å². The van der Waals surface area contributed by atoms with Crippen molar-refractivity contribution in [2.75, 3.05) is 5.32 Å². The van der Waals surface area contributed by atoms with Gasteiger partial charge in [0.05, 0.1) is 5.69 Å². The molecular formula is C21H23N3OS. The lowest BCUT2D eigenvalue weighted by Gasteiger charge is -2.11. The van der Waals surface area contributed by atoms with E-state index in [9.17, 15) is 4.79 Å². The maximum atomic E-state index is 12.4. The highest BCUT2D eigenvalue weighted by molar-refractivity contribution is 7.13. The number of thiazole rings is 1. The summed E-state index contributed by atoms with van der Waals surface area (Å²) in [5.41, 5.74) is 9.36. The van der Waals surface area contributed by atoms with Gasteiger partial charge in [-0.25, -0.2) is 4.98 Å². The van der Waals surface area contributed by atoms with Gasteiger partial charge in [-0.3, -0.25) is 4.79 Å². The number of carbonyl (C=O) groups is 1. The van der Waals surface area contributed by atoms with Crippen LogP contribution in [-0.4, -0.2) is 10.8 Å². The van der Waals surface area contributed by atoms with E-state index < -0.39 is 0 Å². The van der Waals surface area contributed by atoms with Crippen LogP contribution in [0.15, 0.2) is 60.0 Å². The van der Waals surface area contributed by atoms with Crippen LogP contribution in [0.4, 0.5) is 10.8 Å². The number of carbonyl (C=O) groups excluding carboxylic acids is 1. The molecule has 1 heterocycles. The van der Waals surface area contributed by atoms with E-state index in [1.807, 2.05) is 60.0 Å². The van der Waals surface area contributed by atoms with Gasteiger partial charge in [-0.15, -0.1) is 11.3 Å². The smallest absolute Gasteiger partial charge is 0.193 e.